The van der Waals surface area contributed by atoms with Crippen LogP contribution >= 0.6 is 0 Å². The third kappa shape index (κ3) is 3.39. The summed E-state index contributed by atoms with van der Waals surface area (Å²) in [6.45, 7) is 5.70. The van der Waals surface area contributed by atoms with Crippen molar-refractivity contribution in [3.8, 4) is 6.07 Å². The molecule has 4 nitrogen and oxygen atoms in total. The fourth-order valence-corrected chi connectivity index (χ4v) is 2.63. The number of likely N-dealkylation sites (tertiary alicyclic amines) is 1. The van der Waals surface area contributed by atoms with Gasteiger partial charge in [0.25, 0.3) is 0 Å². The minimum absolute atomic E-state index is 0.462. The van der Waals surface area contributed by atoms with E-state index in [0.717, 1.165) is 31.6 Å². The molecule has 1 saturated heterocycles. The maximum atomic E-state index is 8.98. The van der Waals surface area contributed by atoms with Crippen LogP contribution in [0.4, 0.5) is 11.4 Å². The highest BCUT2D eigenvalue weighted by Gasteiger charge is 2.19. The molecule has 2 rings (SSSR count). The zero-order valence-electron chi connectivity index (χ0n) is 11.5. The van der Waals surface area contributed by atoms with Crippen LogP contribution in [0.5, 0.6) is 0 Å². The van der Waals surface area contributed by atoms with Gasteiger partial charge in [-0.15, -0.1) is 0 Å². The van der Waals surface area contributed by atoms with Gasteiger partial charge in [-0.2, -0.15) is 5.26 Å². The first-order valence-corrected chi connectivity index (χ1v) is 7.02. The maximum absolute atomic E-state index is 8.98. The lowest BCUT2D eigenvalue weighted by molar-refractivity contribution is 0.219. The molecule has 19 heavy (non-hydrogen) atoms. The SMILES string of the molecule is CCCN1CCC(Nc2cccc(C#N)c2N)CC1. The molecule has 0 atom stereocenters. The zero-order valence-corrected chi connectivity index (χ0v) is 11.5. The van der Waals surface area contributed by atoms with Crippen molar-refractivity contribution in [2.75, 3.05) is 30.7 Å². The number of piperidine rings is 1. The van der Waals surface area contributed by atoms with Gasteiger partial charge in [0.1, 0.15) is 6.07 Å². The van der Waals surface area contributed by atoms with Crippen molar-refractivity contribution in [1.29, 1.82) is 5.26 Å². The van der Waals surface area contributed by atoms with E-state index in [4.69, 9.17) is 11.0 Å². The molecule has 4 heteroatoms. The van der Waals surface area contributed by atoms with Crippen LogP contribution < -0.4 is 11.1 Å². The maximum Gasteiger partial charge on any atom is 0.101 e. The number of nitrogens with two attached hydrogens (primary N) is 1. The van der Waals surface area contributed by atoms with E-state index in [1.165, 1.54) is 13.0 Å². The number of hydrogen-bond donors (Lipinski definition) is 2. The molecule has 1 aliphatic heterocycles. The zero-order chi connectivity index (χ0) is 13.7. The Hall–Kier alpha value is -1.73. The van der Waals surface area contributed by atoms with Crippen LogP contribution in [0, 0.1) is 11.3 Å². The monoisotopic (exact) mass is 258 g/mol. The minimum atomic E-state index is 0.462. The second kappa shape index (κ2) is 6.44. The van der Waals surface area contributed by atoms with E-state index in [9.17, 15) is 0 Å². The Morgan fingerprint density at radius 1 is 1.42 bits per heavy atom. The van der Waals surface area contributed by atoms with E-state index >= 15 is 0 Å². The van der Waals surface area contributed by atoms with Gasteiger partial charge in [0.05, 0.1) is 16.9 Å². The van der Waals surface area contributed by atoms with Crippen molar-refractivity contribution >= 4 is 11.4 Å². The smallest absolute Gasteiger partial charge is 0.101 e. The fourth-order valence-electron chi connectivity index (χ4n) is 2.63. The Bertz CT molecular complexity index is 456. The predicted octanol–water partition coefficient (Wildman–Crippen LogP) is 2.43. The van der Waals surface area contributed by atoms with Gasteiger partial charge >= 0.3 is 0 Å². The lowest BCUT2D eigenvalue weighted by atomic mass is 10.0. The van der Waals surface area contributed by atoms with Crippen molar-refractivity contribution in [2.24, 2.45) is 0 Å². The minimum Gasteiger partial charge on any atom is -0.396 e. The summed E-state index contributed by atoms with van der Waals surface area (Å²) >= 11 is 0. The number of nitrogens with one attached hydrogen (secondary N) is 1. The molecule has 0 bridgehead atoms. The second-order valence-corrected chi connectivity index (χ2v) is 5.14. The Morgan fingerprint density at radius 2 is 2.16 bits per heavy atom. The summed E-state index contributed by atoms with van der Waals surface area (Å²) in [5.41, 5.74) is 8.01. The predicted molar refractivity (Wildman–Crippen MR) is 78.9 cm³/mol. The number of para-hydroxylation sites is 1. The quantitative estimate of drug-likeness (QED) is 0.814. The average molecular weight is 258 g/mol. The van der Waals surface area contributed by atoms with E-state index in [1.54, 1.807) is 6.07 Å². The van der Waals surface area contributed by atoms with Gasteiger partial charge in [-0.05, 0) is 37.9 Å². The molecule has 3 N–H and O–H groups in total. The second-order valence-electron chi connectivity index (χ2n) is 5.14. The summed E-state index contributed by atoms with van der Waals surface area (Å²) in [4.78, 5) is 2.51. The Balaban J connectivity index is 1.94. The molecule has 0 amide bonds. The topological polar surface area (TPSA) is 65.1 Å². The van der Waals surface area contributed by atoms with Crippen LogP contribution in [0.3, 0.4) is 0 Å². The number of rotatable bonds is 4. The first-order valence-electron chi connectivity index (χ1n) is 7.02. The van der Waals surface area contributed by atoms with Crippen LogP contribution in [0.15, 0.2) is 18.2 Å². The first-order chi connectivity index (χ1) is 9.24. The lowest BCUT2D eigenvalue weighted by Gasteiger charge is -2.32. The standard InChI is InChI=1S/C15H22N4/c1-2-8-19-9-6-13(7-10-19)18-14-5-3-4-12(11-16)15(14)17/h3-5,13,18H,2,6-10,17H2,1H3. The first kappa shape index (κ1) is 13.7. The average Bonchev–Trinajstić information content (AvgIpc) is 2.43. The molecule has 1 fully saturated rings. The normalized spacial score (nSPS) is 17.1. The summed E-state index contributed by atoms with van der Waals surface area (Å²) in [5, 5.41) is 12.5. The fraction of sp³-hybridized carbons (Fsp3) is 0.533. The van der Waals surface area contributed by atoms with Gasteiger partial charge < -0.3 is 16.0 Å². The largest absolute Gasteiger partial charge is 0.396 e. The van der Waals surface area contributed by atoms with Crippen LogP contribution in [-0.2, 0) is 0 Å². The summed E-state index contributed by atoms with van der Waals surface area (Å²) < 4.78 is 0. The van der Waals surface area contributed by atoms with Crippen molar-refractivity contribution < 1.29 is 0 Å². The molecular weight excluding hydrogens is 236 g/mol. The number of hydrogen-bond acceptors (Lipinski definition) is 4. The molecule has 102 valence electrons. The van der Waals surface area contributed by atoms with Gasteiger partial charge in [0, 0.05) is 19.1 Å². The number of nitrogens with zero attached hydrogens (tertiary/aromatic N) is 2. The lowest BCUT2D eigenvalue weighted by Crippen LogP contribution is -2.39. The van der Waals surface area contributed by atoms with Crippen LogP contribution in [0.25, 0.3) is 0 Å². The van der Waals surface area contributed by atoms with Crippen molar-refractivity contribution in [3.63, 3.8) is 0 Å². The van der Waals surface area contributed by atoms with Gasteiger partial charge in [-0.25, -0.2) is 0 Å². The molecule has 1 aliphatic rings. The van der Waals surface area contributed by atoms with Crippen LogP contribution in [0.2, 0.25) is 0 Å². The van der Waals surface area contributed by atoms with Crippen molar-refractivity contribution in [1.82, 2.24) is 4.90 Å². The molecule has 0 radical (unpaired) electrons. The highest BCUT2D eigenvalue weighted by molar-refractivity contribution is 5.73. The molecule has 0 aromatic heterocycles. The highest BCUT2D eigenvalue weighted by atomic mass is 15.1. The third-order valence-electron chi connectivity index (χ3n) is 3.71. The van der Waals surface area contributed by atoms with Gasteiger partial charge in [-0.1, -0.05) is 13.0 Å². The molecule has 0 spiro atoms. The van der Waals surface area contributed by atoms with E-state index in [0.29, 0.717) is 17.3 Å². The van der Waals surface area contributed by atoms with E-state index in [-0.39, 0.29) is 0 Å². The summed E-state index contributed by atoms with van der Waals surface area (Å²) in [7, 11) is 0. The Kier molecular flexibility index (Phi) is 4.64. The molecule has 1 heterocycles. The highest BCUT2D eigenvalue weighted by Crippen LogP contribution is 2.25. The van der Waals surface area contributed by atoms with Crippen LogP contribution in [0.1, 0.15) is 31.7 Å². The summed E-state index contributed by atoms with van der Waals surface area (Å²) in [6.07, 6.45) is 3.49. The molecular formula is C15H22N4. The summed E-state index contributed by atoms with van der Waals surface area (Å²) in [5.74, 6) is 0. The van der Waals surface area contributed by atoms with Crippen molar-refractivity contribution in [2.45, 2.75) is 32.2 Å². The molecule has 0 unspecified atom stereocenters. The van der Waals surface area contributed by atoms with Crippen LogP contribution in [-0.4, -0.2) is 30.6 Å². The Labute approximate surface area is 115 Å². The van der Waals surface area contributed by atoms with E-state index in [2.05, 4.69) is 23.2 Å². The van der Waals surface area contributed by atoms with E-state index < -0.39 is 0 Å². The molecule has 1 aromatic carbocycles. The molecule has 0 aliphatic carbocycles. The van der Waals surface area contributed by atoms with Crippen molar-refractivity contribution in [3.05, 3.63) is 23.8 Å². The van der Waals surface area contributed by atoms with Gasteiger partial charge in [-0.3, -0.25) is 0 Å². The molecule has 0 saturated carbocycles. The molecule has 1 aromatic rings. The number of nitrogen functional groups attached to an aromatic ring is 1. The number of benzene rings is 1. The van der Waals surface area contributed by atoms with E-state index in [1.807, 2.05) is 12.1 Å². The van der Waals surface area contributed by atoms with Gasteiger partial charge in [0.2, 0.25) is 0 Å². The third-order valence-corrected chi connectivity index (χ3v) is 3.71. The van der Waals surface area contributed by atoms with Gasteiger partial charge in [0.15, 0.2) is 0 Å². The number of anilines is 2. The Morgan fingerprint density at radius 3 is 2.79 bits per heavy atom. The summed E-state index contributed by atoms with van der Waals surface area (Å²) in [6, 6.07) is 8.17. The number of nitriles is 1.